The molecule has 1 N–H and O–H groups in total. The predicted molar refractivity (Wildman–Crippen MR) is 69.8 cm³/mol. The van der Waals surface area contributed by atoms with Crippen molar-refractivity contribution < 1.29 is 9.90 Å². The fraction of sp³-hybridized carbons (Fsp3) is 0. The van der Waals surface area contributed by atoms with Crippen LogP contribution in [0.15, 0.2) is 54.4 Å². The Bertz CT molecular complexity index is 723. The smallest absolute Gasteiger partial charge is 0.335 e. The number of hydrogen-bond donors (Lipinski definition) is 1. The molecule has 0 aliphatic carbocycles. The summed E-state index contributed by atoms with van der Waals surface area (Å²) in [6, 6.07) is 5.16. The van der Waals surface area contributed by atoms with E-state index in [9.17, 15) is 4.79 Å². The van der Waals surface area contributed by atoms with Crippen LogP contribution in [0.5, 0.6) is 0 Å². The molecule has 2 aliphatic rings. The zero-order chi connectivity index (χ0) is 12.5. The molecule has 0 spiro atoms. The molecule has 18 heavy (non-hydrogen) atoms. The molecule has 1 aromatic rings. The highest BCUT2D eigenvalue weighted by atomic mass is 16.4. The van der Waals surface area contributed by atoms with Crippen molar-refractivity contribution in [3.8, 4) is 0 Å². The van der Waals surface area contributed by atoms with Crippen molar-refractivity contribution in [2.24, 2.45) is 0 Å². The highest BCUT2D eigenvalue weighted by Crippen LogP contribution is 2.13. The maximum absolute atomic E-state index is 11.0. The van der Waals surface area contributed by atoms with Gasteiger partial charge in [-0.25, -0.2) is 4.79 Å². The Morgan fingerprint density at radius 2 is 2.00 bits per heavy atom. The van der Waals surface area contributed by atoms with Gasteiger partial charge in [0, 0.05) is 18.1 Å². The fourth-order valence-electron chi connectivity index (χ4n) is 2.03. The number of carbonyl (C=O) groups is 1. The SMILES string of the molecule is O=C(O)c1ccc2c(c1)=CC1=CC=CC=CN1C=2. The van der Waals surface area contributed by atoms with Crippen LogP contribution in [-0.4, -0.2) is 16.0 Å². The van der Waals surface area contributed by atoms with Gasteiger partial charge in [-0.2, -0.15) is 0 Å². The molecule has 2 heterocycles. The highest BCUT2D eigenvalue weighted by molar-refractivity contribution is 5.87. The Morgan fingerprint density at radius 1 is 1.11 bits per heavy atom. The third-order valence-electron chi connectivity index (χ3n) is 2.95. The fourth-order valence-corrected chi connectivity index (χ4v) is 2.03. The summed E-state index contributed by atoms with van der Waals surface area (Å²) in [7, 11) is 0. The van der Waals surface area contributed by atoms with Gasteiger partial charge in [0.05, 0.1) is 5.56 Å². The Balaban J connectivity index is 2.23. The summed E-state index contributed by atoms with van der Waals surface area (Å²) >= 11 is 0. The van der Waals surface area contributed by atoms with E-state index in [2.05, 4.69) is 0 Å². The highest BCUT2D eigenvalue weighted by Gasteiger charge is 2.08. The van der Waals surface area contributed by atoms with Gasteiger partial charge in [0.15, 0.2) is 0 Å². The molecule has 0 unspecified atom stereocenters. The molecule has 0 saturated carbocycles. The molecule has 0 aromatic heterocycles. The van der Waals surface area contributed by atoms with Gasteiger partial charge in [-0.15, -0.1) is 0 Å². The van der Waals surface area contributed by atoms with Crippen molar-refractivity contribution in [1.29, 1.82) is 0 Å². The van der Waals surface area contributed by atoms with E-state index in [0.29, 0.717) is 5.56 Å². The van der Waals surface area contributed by atoms with Crippen LogP contribution < -0.4 is 10.4 Å². The molecular formula is C15H11NO2. The van der Waals surface area contributed by atoms with Crippen molar-refractivity contribution in [2.75, 3.05) is 0 Å². The van der Waals surface area contributed by atoms with Gasteiger partial charge in [-0.05, 0) is 40.8 Å². The van der Waals surface area contributed by atoms with Crippen LogP contribution in [0, 0.1) is 0 Å². The summed E-state index contributed by atoms with van der Waals surface area (Å²) < 4.78 is 0. The maximum atomic E-state index is 11.0. The minimum atomic E-state index is -0.900. The van der Waals surface area contributed by atoms with E-state index in [4.69, 9.17) is 5.11 Å². The van der Waals surface area contributed by atoms with Crippen LogP contribution in [0.25, 0.3) is 12.3 Å². The molecule has 0 bridgehead atoms. The van der Waals surface area contributed by atoms with Crippen molar-refractivity contribution in [3.05, 3.63) is 70.4 Å². The number of aromatic carboxylic acids is 1. The maximum Gasteiger partial charge on any atom is 0.335 e. The van der Waals surface area contributed by atoms with Crippen LogP contribution in [0.3, 0.4) is 0 Å². The number of allylic oxidation sites excluding steroid dienone is 5. The summed E-state index contributed by atoms with van der Waals surface area (Å²) in [6.45, 7) is 0. The standard InChI is InChI=1S/C15H11NO2/c17-15(18)11-5-6-12-10-16-7-3-1-2-4-14(16)9-13(12)8-11/h1-10H,(H,17,18). The third kappa shape index (κ3) is 1.76. The number of hydrogen-bond acceptors (Lipinski definition) is 2. The summed E-state index contributed by atoms with van der Waals surface area (Å²) in [5.41, 5.74) is 1.34. The number of rotatable bonds is 1. The van der Waals surface area contributed by atoms with E-state index in [1.54, 1.807) is 12.1 Å². The van der Waals surface area contributed by atoms with Crippen LogP contribution in [0.1, 0.15) is 10.4 Å². The minimum absolute atomic E-state index is 0.312. The zero-order valence-corrected chi connectivity index (χ0v) is 9.58. The molecule has 2 aliphatic heterocycles. The molecule has 88 valence electrons. The topological polar surface area (TPSA) is 40.5 Å². The molecule has 1 aromatic carbocycles. The average Bonchev–Trinajstić information content (AvgIpc) is 2.59. The van der Waals surface area contributed by atoms with E-state index in [0.717, 1.165) is 16.1 Å². The molecule has 3 nitrogen and oxygen atoms in total. The molecule has 0 atom stereocenters. The molecular weight excluding hydrogens is 226 g/mol. The van der Waals surface area contributed by atoms with E-state index < -0.39 is 5.97 Å². The van der Waals surface area contributed by atoms with E-state index in [1.165, 1.54) is 0 Å². The summed E-state index contributed by atoms with van der Waals surface area (Å²) in [6.07, 6.45) is 13.8. The number of benzene rings is 1. The van der Waals surface area contributed by atoms with Crippen LogP contribution in [0.4, 0.5) is 0 Å². The Morgan fingerprint density at radius 3 is 2.83 bits per heavy atom. The van der Waals surface area contributed by atoms with Gasteiger partial charge in [-0.1, -0.05) is 18.2 Å². The number of nitrogens with zero attached hydrogens (tertiary/aromatic N) is 1. The third-order valence-corrected chi connectivity index (χ3v) is 2.95. The van der Waals surface area contributed by atoms with Gasteiger partial charge in [0.25, 0.3) is 0 Å². The summed E-state index contributed by atoms with van der Waals surface area (Å²) in [5.74, 6) is -0.900. The van der Waals surface area contributed by atoms with Gasteiger partial charge in [-0.3, -0.25) is 0 Å². The number of carboxylic acids is 1. The molecule has 3 heteroatoms. The van der Waals surface area contributed by atoms with Crippen LogP contribution in [-0.2, 0) is 0 Å². The first-order valence-corrected chi connectivity index (χ1v) is 5.64. The van der Waals surface area contributed by atoms with Crippen molar-refractivity contribution in [2.45, 2.75) is 0 Å². The average molecular weight is 237 g/mol. The second kappa shape index (κ2) is 4.04. The van der Waals surface area contributed by atoms with Crippen molar-refractivity contribution in [3.63, 3.8) is 0 Å². The van der Waals surface area contributed by atoms with Gasteiger partial charge in [0.2, 0.25) is 0 Å². The minimum Gasteiger partial charge on any atom is -0.478 e. The molecule has 0 fully saturated rings. The van der Waals surface area contributed by atoms with Crippen LogP contribution in [0.2, 0.25) is 0 Å². The Labute approximate surface area is 104 Å². The van der Waals surface area contributed by atoms with E-state index in [1.807, 2.05) is 53.7 Å². The van der Waals surface area contributed by atoms with Gasteiger partial charge >= 0.3 is 5.97 Å². The van der Waals surface area contributed by atoms with Gasteiger partial charge < -0.3 is 10.0 Å². The predicted octanol–water partition coefficient (Wildman–Crippen LogP) is 1.19. The molecule has 3 rings (SSSR count). The monoisotopic (exact) mass is 237 g/mol. The van der Waals surface area contributed by atoms with E-state index in [-0.39, 0.29) is 0 Å². The lowest BCUT2D eigenvalue weighted by molar-refractivity contribution is 0.0697. The lowest BCUT2D eigenvalue weighted by Gasteiger charge is -2.19. The first-order chi connectivity index (χ1) is 8.74. The summed E-state index contributed by atoms with van der Waals surface area (Å²) in [4.78, 5) is 13.0. The zero-order valence-electron chi connectivity index (χ0n) is 9.58. The molecule has 0 saturated heterocycles. The first kappa shape index (κ1) is 10.6. The lowest BCUT2D eigenvalue weighted by atomic mass is 10.1. The quantitative estimate of drug-likeness (QED) is 0.797. The van der Waals surface area contributed by atoms with E-state index >= 15 is 0 Å². The summed E-state index contributed by atoms with van der Waals surface area (Å²) in [5, 5.41) is 10.9. The first-order valence-electron chi connectivity index (χ1n) is 5.64. The largest absolute Gasteiger partial charge is 0.478 e. The van der Waals surface area contributed by atoms with Crippen molar-refractivity contribution in [1.82, 2.24) is 4.90 Å². The lowest BCUT2D eigenvalue weighted by Crippen LogP contribution is -2.33. The number of fused-ring (bicyclic) bond motifs is 2. The van der Waals surface area contributed by atoms with Gasteiger partial charge in [0.1, 0.15) is 0 Å². The number of carboxylic acid groups (broad SMARTS) is 1. The second-order valence-electron chi connectivity index (χ2n) is 4.15. The Hall–Kier alpha value is -2.55. The van der Waals surface area contributed by atoms with Crippen molar-refractivity contribution >= 4 is 18.2 Å². The molecule has 0 amide bonds. The van der Waals surface area contributed by atoms with Crippen LogP contribution >= 0.6 is 0 Å². The Kier molecular flexibility index (Phi) is 2.38. The second-order valence-corrected chi connectivity index (χ2v) is 4.15. The normalized spacial score (nSPS) is 15.8. The molecule has 0 radical (unpaired) electrons.